The Hall–Kier alpha value is -3.26. The van der Waals surface area contributed by atoms with E-state index in [9.17, 15) is 5.11 Å². The molecule has 3 heterocycles. The monoisotopic (exact) mass is 418 g/mol. The van der Waals surface area contributed by atoms with E-state index < -0.39 is 6.23 Å². The lowest BCUT2D eigenvalue weighted by atomic mass is 10.1. The fourth-order valence-corrected chi connectivity index (χ4v) is 3.79. The molecule has 0 radical (unpaired) electrons. The molecule has 30 heavy (non-hydrogen) atoms. The number of rotatable bonds is 5. The van der Waals surface area contributed by atoms with Crippen LogP contribution in [0.15, 0.2) is 60.9 Å². The van der Waals surface area contributed by atoms with Crippen LogP contribution in [0.4, 0.5) is 0 Å². The first-order chi connectivity index (χ1) is 14.6. The zero-order valence-electron chi connectivity index (χ0n) is 16.1. The van der Waals surface area contributed by atoms with Crippen molar-refractivity contribution in [1.82, 2.24) is 30.5 Å². The van der Waals surface area contributed by atoms with E-state index in [4.69, 9.17) is 11.6 Å². The lowest BCUT2D eigenvalue weighted by molar-refractivity contribution is 0.118. The van der Waals surface area contributed by atoms with Crippen molar-refractivity contribution < 1.29 is 5.11 Å². The van der Waals surface area contributed by atoms with E-state index in [1.807, 2.05) is 55.5 Å². The smallest absolute Gasteiger partial charge is 0.173 e. The van der Waals surface area contributed by atoms with E-state index in [0.29, 0.717) is 16.4 Å². The van der Waals surface area contributed by atoms with Gasteiger partial charge in [0.05, 0.1) is 22.2 Å². The molecule has 2 aromatic carbocycles. The van der Waals surface area contributed by atoms with Crippen molar-refractivity contribution in [3.05, 3.63) is 77.3 Å². The van der Waals surface area contributed by atoms with Crippen molar-refractivity contribution in [3.8, 4) is 11.3 Å². The van der Waals surface area contributed by atoms with Crippen LogP contribution in [-0.4, -0.2) is 30.3 Å². The minimum atomic E-state index is -1.00. The average Bonchev–Trinajstić information content (AvgIpc) is 3.36. The number of fused-ring (bicyclic) bond motifs is 2. The highest BCUT2D eigenvalue weighted by atomic mass is 35.5. The number of aromatic nitrogens is 5. The minimum absolute atomic E-state index is 0.122. The third kappa shape index (κ3) is 3.43. The van der Waals surface area contributed by atoms with Crippen LogP contribution in [0, 0.1) is 0 Å². The second kappa shape index (κ2) is 7.53. The summed E-state index contributed by atoms with van der Waals surface area (Å²) in [5, 5.41) is 21.8. The molecule has 4 N–H and O–H groups in total. The van der Waals surface area contributed by atoms with Gasteiger partial charge in [0.1, 0.15) is 0 Å². The van der Waals surface area contributed by atoms with E-state index in [0.717, 1.165) is 33.2 Å². The van der Waals surface area contributed by atoms with Gasteiger partial charge in [-0.1, -0.05) is 23.7 Å². The standard InChI is InChI=1S/C22H19ClN6O/c1-12(14-3-2-4-15(23)9-14)25-22(30)21-26-18-10-16-17(11-19(18)27-21)28-29-20(16)13-5-7-24-8-6-13/h2-12,22,25,28-30H,1H3/t12-,22?/m1/s1. The van der Waals surface area contributed by atoms with E-state index in [-0.39, 0.29) is 6.04 Å². The molecule has 0 fully saturated rings. The van der Waals surface area contributed by atoms with Crippen LogP contribution in [0.2, 0.25) is 5.02 Å². The van der Waals surface area contributed by atoms with Crippen LogP contribution in [0.25, 0.3) is 33.2 Å². The number of nitrogens with one attached hydrogen (secondary N) is 3. The number of H-pyrrole nitrogens is 2. The molecule has 0 bridgehead atoms. The first-order valence-electron chi connectivity index (χ1n) is 9.56. The number of hydrogen-bond acceptors (Lipinski definition) is 5. The molecule has 8 heteroatoms. The lowest BCUT2D eigenvalue weighted by Gasteiger charge is -2.17. The first-order valence-corrected chi connectivity index (χ1v) is 9.94. The fourth-order valence-electron chi connectivity index (χ4n) is 3.59. The molecular weight excluding hydrogens is 400 g/mol. The van der Waals surface area contributed by atoms with E-state index in [2.05, 4.69) is 30.5 Å². The molecule has 2 atom stereocenters. The molecule has 5 rings (SSSR count). The maximum absolute atomic E-state index is 10.7. The summed E-state index contributed by atoms with van der Waals surface area (Å²) < 4.78 is 0. The Labute approximate surface area is 177 Å². The SMILES string of the molecule is C[C@@H](NC(O)c1nc2cc3[nH][nH]c(-c4ccncc4)c3cc2n1)c1cccc(Cl)c1. The number of halogens is 1. The fraction of sp³-hybridized carbons (Fsp3) is 0.136. The predicted octanol–water partition coefficient (Wildman–Crippen LogP) is 4.50. The third-order valence-corrected chi connectivity index (χ3v) is 5.38. The number of imidazole rings is 1. The van der Waals surface area contributed by atoms with Crippen molar-refractivity contribution in [1.29, 1.82) is 0 Å². The summed E-state index contributed by atoms with van der Waals surface area (Å²) in [5.41, 5.74) is 5.29. The Morgan fingerprint density at radius 2 is 1.77 bits per heavy atom. The quantitative estimate of drug-likeness (QED) is 0.315. The Balaban J connectivity index is 1.45. The van der Waals surface area contributed by atoms with Gasteiger partial charge in [0.2, 0.25) is 0 Å². The highest BCUT2D eigenvalue weighted by Crippen LogP contribution is 2.29. The van der Waals surface area contributed by atoms with Crippen LogP contribution in [0.3, 0.4) is 0 Å². The van der Waals surface area contributed by atoms with Gasteiger partial charge in [-0.3, -0.25) is 15.4 Å². The van der Waals surface area contributed by atoms with Crippen LogP contribution >= 0.6 is 11.6 Å². The van der Waals surface area contributed by atoms with Gasteiger partial charge in [0, 0.05) is 34.4 Å². The van der Waals surface area contributed by atoms with Gasteiger partial charge >= 0.3 is 0 Å². The molecule has 5 aromatic rings. The Bertz CT molecular complexity index is 1330. The molecule has 0 spiro atoms. The highest BCUT2D eigenvalue weighted by molar-refractivity contribution is 6.30. The van der Waals surface area contributed by atoms with Crippen molar-refractivity contribution in [2.45, 2.75) is 19.2 Å². The number of aliphatic hydroxyl groups is 1. The topological polar surface area (TPSA) is 103 Å². The van der Waals surface area contributed by atoms with Gasteiger partial charge in [-0.15, -0.1) is 0 Å². The largest absolute Gasteiger partial charge is 0.371 e. The normalized spacial score (nSPS) is 13.7. The van der Waals surface area contributed by atoms with E-state index >= 15 is 0 Å². The van der Waals surface area contributed by atoms with Crippen molar-refractivity contribution in [3.63, 3.8) is 0 Å². The molecular formula is C22H19ClN6O. The lowest BCUT2D eigenvalue weighted by Crippen LogP contribution is -2.25. The van der Waals surface area contributed by atoms with Crippen molar-refractivity contribution in [2.75, 3.05) is 0 Å². The molecule has 7 nitrogen and oxygen atoms in total. The van der Waals surface area contributed by atoms with Crippen molar-refractivity contribution >= 4 is 33.5 Å². The van der Waals surface area contributed by atoms with Crippen LogP contribution in [-0.2, 0) is 0 Å². The van der Waals surface area contributed by atoms with Gasteiger partial charge in [0.25, 0.3) is 0 Å². The van der Waals surface area contributed by atoms with Gasteiger partial charge in [-0.25, -0.2) is 9.97 Å². The van der Waals surface area contributed by atoms with E-state index in [1.54, 1.807) is 12.4 Å². The number of aliphatic hydroxyl groups excluding tert-OH is 1. The molecule has 150 valence electrons. The zero-order chi connectivity index (χ0) is 20.7. The first kappa shape index (κ1) is 18.7. The van der Waals surface area contributed by atoms with Gasteiger partial charge in [-0.05, 0) is 48.9 Å². The molecule has 0 saturated heterocycles. The van der Waals surface area contributed by atoms with Gasteiger partial charge in [0.15, 0.2) is 12.1 Å². The average molecular weight is 419 g/mol. The summed E-state index contributed by atoms with van der Waals surface area (Å²) in [6.07, 6.45) is 2.50. The predicted molar refractivity (Wildman–Crippen MR) is 117 cm³/mol. The Morgan fingerprint density at radius 3 is 2.53 bits per heavy atom. The van der Waals surface area contributed by atoms with Crippen molar-refractivity contribution in [2.24, 2.45) is 0 Å². The summed E-state index contributed by atoms with van der Waals surface area (Å²) >= 11 is 6.07. The van der Waals surface area contributed by atoms with Crippen LogP contribution < -0.4 is 5.32 Å². The summed E-state index contributed by atoms with van der Waals surface area (Å²) in [6, 6.07) is 15.2. The van der Waals surface area contributed by atoms with E-state index in [1.165, 1.54) is 0 Å². The number of nitrogens with zero attached hydrogens (tertiary/aromatic N) is 3. The molecule has 0 saturated carbocycles. The minimum Gasteiger partial charge on any atom is -0.371 e. The molecule has 1 unspecified atom stereocenters. The number of benzene rings is 2. The maximum Gasteiger partial charge on any atom is 0.173 e. The Morgan fingerprint density at radius 1 is 1.00 bits per heavy atom. The molecule has 0 aliphatic rings. The van der Waals surface area contributed by atoms with Crippen LogP contribution in [0.1, 0.15) is 30.6 Å². The van der Waals surface area contributed by atoms with Crippen LogP contribution in [0.5, 0.6) is 0 Å². The Kier molecular flexibility index (Phi) is 4.71. The van der Waals surface area contributed by atoms with Gasteiger partial charge in [-0.2, -0.15) is 0 Å². The number of hydrogen-bond donors (Lipinski definition) is 4. The summed E-state index contributed by atoms with van der Waals surface area (Å²) in [4.78, 5) is 13.1. The number of pyridine rings is 1. The maximum atomic E-state index is 10.7. The zero-order valence-corrected chi connectivity index (χ0v) is 16.9. The molecule has 0 aliphatic carbocycles. The number of aromatic amines is 2. The molecule has 0 amide bonds. The third-order valence-electron chi connectivity index (χ3n) is 5.15. The van der Waals surface area contributed by atoms with Gasteiger partial charge < -0.3 is 10.2 Å². The second-order valence-electron chi connectivity index (χ2n) is 7.18. The summed E-state index contributed by atoms with van der Waals surface area (Å²) in [6.45, 7) is 1.96. The highest BCUT2D eigenvalue weighted by Gasteiger charge is 2.18. The second-order valence-corrected chi connectivity index (χ2v) is 7.61. The molecule has 0 aliphatic heterocycles. The summed E-state index contributed by atoms with van der Waals surface area (Å²) in [5.74, 6) is 0.334. The summed E-state index contributed by atoms with van der Waals surface area (Å²) in [7, 11) is 0. The molecule has 3 aromatic heterocycles.